The number of anilines is 2. The average Bonchev–Trinajstić information content (AvgIpc) is 2.80. The van der Waals surface area contributed by atoms with Gasteiger partial charge in [0.2, 0.25) is 11.8 Å². The number of nitrogens with zero attached hydrogens (tertiary/aromatic N) is 3. The molecule has 1 aliphatic rings. The number of carbonyl (C=O) groups excluding carboxylic acids is 1. The summed E-state index contributed by atoms with van der Waals surface area (Å²) < 4.78 is 30.5. The molecule has 8 nitrogen and oxygen atoms in total. The SMILES string of the molecule is Cc1ccc(NC(=O)C2(c3ccccc3C(C)C)CN(c3cccc(C(=O)O)n3)C2)c(OC(F)F)n1. The first-order chi connectivity index (χ1) is 17.1. The van der Waals surface area contributed by atoms with E-state index >= 15 is 0 Å². The molecule has 0 saturated carbocycles. The Bertz CT molecular complexity index is 1290. The molecule has 0 radical (unpaired) electrons. The zero-order valence-electron chi connectivity index (χ0n) is 20.0. The molecule has 10 heteroatoms. The molecule has 2 aromatic heterocycles. The number of ether oxygens (including phenoxy) is 1. The van der Waals surface area contributed by atoms with Gasteiger partial charge < -0.3 is 20.1 Å². The third kappa shape index (κ3) is 4.84. The average molecular weight is 497 g/mol. The van der Waals surface area contributed by atoms with Gasteiger partial charge in [0.05, 0.1) is 0 Å². The lowest BCUT2D eigenvalue weighted by Gasteiger charge is -2.50. The summed E-state index contributed by atoms with van der Waals surface area (Å²) in [4.78, 5) is 35.2. The molecule has 0 unspecified atom stereocenters. The van der Waals surface area contributed by atoms with Gasteiger partial charge in [-0.1, -0.05) is 44.2 Å². The number of halogens is 2. The molecule has 4 rings (SSSR count). The van der Waals surface area contributed by atoms with Gasteiger partial charge >= 0.3 is 12.6 Å². The largest absolute Gasteiger partial charge is 0.477 e. The Hall–Kier alpha value is -4.08. The molecule has 2 N–H and O–H groups in total. The minimum atomic E-state index is -3.10. The highest BCUT2D eigenvalue weighted by atomic mass is 19.3. The number of nitrogens with one attached hydrogen (secondary N) is 1. The van der Waals surface area contributed by atoms with Gasteiger partial charge in [-0.2, -0.15) is 8.78 Å². The van der Waals surface area contributed by atoms with Gasteiger partial charge in [-0.3, -0.25) is 4.79 Å². The molecule has 188 valence electrons. The highest BCUT2D eigenvalue weighted by Gasteiger charge is 2.52. The quantitative estimate of drug-likeness (QED) is 0.469. The normalized spacial score (nSPS) is 14.5. The van der Waals surface area contributed by atoms with Crippen LogP contribution in [-0.2, 0) is 10.2 Å². The van der Waals surface area contributed by atoms with E-state index in [0.717, 1.165) is 11.1 Å². The van der Waals surface area contributed by atoms with E-state index in [1.165, 1.54) is 12.1 Å². The molecular formula is C26H26F2N4O4. The first-order valence-electron chi connectivity index (χ1n) is 11.4. The zero-order chi connectivity index (χ0) is 26.0. The fourth-order valence-electron chi connectivity index (χ4n) is 4.40. The van der Waals surface area contributed by atoms with Gasteiger partial charge in [0, 0.05) is 18.8 Å². The number of aromatic nitrogens is 2. The maximum atomic E-state index is 13.8. The summed E-state index contributed by atoms with van der Waals surface area (Å²) >= 11 is 0. The van der Waals surface area contributed by atoms with Crippen molar-refractivity contribution in [3.63, 3.8) is 0 Å². The Balaban J connectivity index is 1.72. The predicted molar refractivity (Wildman–Crippen MR) is 130 cm³/mol. The minimum absolute atomic E-state index is 0.0387. The number of pyridine rings is 2. The van der Waals surface area contributed by atoms with Gasteiger partial charge in [-0.15, -0.1) is 0 Å². The Morgan fingerprint density at radius 3 is 2.44 bits per heavy atom. The number of carboxylic acids is 1. The van der Waals surface area contributed by atoms with Crippen LogP contribution < -0.4 is 15.0 Å². The van der Waals surface area contributed by atoms with Crippen molar-refractivity contribution in [2.45, 2.75) is 38.7 Å². The standard InChI is InChI=1S/C26H26F2N4O4/c1-15(2)17-7-4-5-8-18(17)26(13-32(14-26)21-10-6-9-20(30-21)23(33)34)24(35)31-19-12-11-16(3)29-22(19)36-25(27)28/h4-12,15,25H,13-14H2,1-3H3,(H,31,35)(H,33,34). The maximum absolute atomic E-state index is 13.8. The van der Waals surface area contributed by atoms with E-state index in [1.807, 2.05) is 43.0 Å². The van der Waals surface area contributed by atoms with Crippen LogP contribution in [0.15, 0.2) is 54.6 Å². The van der Waals surface area contributed by atoms with Crippen molar-refractivity contribution in [3.8, 4) is 5.88 Å². The number of carbonyl (C=O) groups is 2. The number of aromatic carboxylic acids is 1. The number of amides is 1. The summed E-state index contributed by atoms with van der Waals surface area (Å²) in [6.07, 6.45) is 0. The fourth-order valence-corrected chi connectivity index (χ4v) is 4.40. The van der Waals surface area contributed by atoms with E-state index in [1.54, 1.807) is 25.1 Å². The van der Waals surface area contributed by atoms with Crippen LogP contribution in [0.5, 0.6) is 5.88 Å². The molecule has 1 saturated heterocycles. The van der Waals surface area contributed by atoms with Crippen molar-refractivity contribution in [2.24, 2.45) is 0 Å². The van der Waals surface area contributed by atoms with Crippen LogP contribution in [0.2, 0.25) is 0 Å². The molecule has 1 fully saturated rings. The summed E-state index contributed by atoms with van der Waals surface area (Å²) in [5, 5.41) is 12.1. The first-order valence-corrected chi connectivity index (χ1v) is 11.4. The third-order valence-electron chi connectivity index (χ3n) is 6.18. The van der Waals surface area contributed by atoms with Crippen LogP contribution >= 0.6 is 0 Å². The number of hydrogen-bond donors (Lipinski definition) is 2. The molecule has 1 aromatic carbocycles. The van der Waals surface area contributed by atoms with Gasteiger partial charge in [-0.25, -0.2) is 14.8 Å². The van der Waals surface area contributed by atoms with Gasteiger partial charge in [-0.05, 0) is 48.2 Å². The minimum Gasteiger partial charge on any atom is -0.477 e. The van der Waals surface area contributed by atoms with E-state index in [9.17, 15) is 23.5 Å². The zero-order valence-corrected chi connectivity index (χ0v) is 20.0. The van der Waals surface area contributed by atoms with Crippen molar-refractivity contribution in [1.29, 1.82) is 0 Å². The summed E-state index contributed by atoms with van der Waals surface area (Å²) in [5.74, 6) is -1.38. The second-order valence-electron chi connectivity index (χ2n) is 9.00. The Morgan fingerprint density at radius 1 is 1.06 bits per heavy atom. The number of hydrogen-bond acceptors (Lipinski definition) is 6. The smallest absolute Gasteiger partial charge is 0.388 e. The van der Waals surface area contributed by atoms with Crippen LogP contribution in [-0.4, -0.2) is 46.7 Å². The summed E-state index contributed by atoms with van der Waals surface area (Å²) in [6.45, 7) is 3.00. The van der Waals surface area contributed by atoms with E-state index in [-0.39, 0.29) is 36.3 Å². The molecule has 36 heavy (non-hydrogen) atoms. The summed E-state index contributed by atoms with van der Waals surface area (Å²) in [7, 11) is 0. The molecule has 0 spiro atoms. The number of rotatable bonds is 8. The molecule has 1 amide bonds. The fraction of sp³-hybridized carbons (Fsp3) is 0.308. The van der Waals surface area contributed by atoms with Gasteiger partial charge in [0.1, 0.15) is 16.9 Å². The number of carboxylic acid groups (broad SMARTS) is 1. The molecule has 1 aliphatic heterocycles. The van der Waals surface area contributed by atoms with Crippen molar-refractivity contribution >= 4 is 23.4 Å². The lowest BCUT2D eigenvalue weighted by Crippen LogP contribution is -2.65. The first kappa shape index (κ1) is 25.0. The summed E-state index contributed by atoms with van der Waals surface area (Å²) in [5.41, 5.74) is 1.13. The maximum Gasteiger partial charge on any atom is 0.388 e. The lowest BCUT2D eigenvalue weighted by atomic mass is 9.69. The van der Waals surface area contributed by atoms with Crippen molar-refractivity contribution in [1.82, 2.24) is 9.97 Å². The number of alkyl halides is 2. The Labute approximate surface area is 207 Å². The van der Waals surface area contributed by atoms with E-state index in [2.05, 4.69) is 20.0 Å². The Kier molecular flexibility index (Phi) is 6.87. The van der Waals surface area contributed by atoms with Gasteiger partial charge in [0.15, 0.2) is 5.69 Å². The summed E-state index contributed by atoms with van der Waals surface area (Å²) in [6, 6.07) is 15.3. The highest BCUT2D eigenvalue weighted by Crippen LogP contribution is 2.42. The monoisotopic (exact) mass is 496 g/mol. The number of aryl methyl sites for hydroxylation is 1. The van der Waals surface area contributed by atoms with E-state index in [4.69, 9.17) is 0 Å². The molecule has 0 aliphatic carbocycles. The van der Waals surface area contributed by atoms with Crippen LogP contribution in [0.25, 0.3) is 0 Å². The van der Waals surface area contributed by atoms with Crippen molar-refractivity contribution < 1.29 is 28.2 Å². The van der Waals surface area contributed by atoms with E-state index < -0.39 is 23.9 Å². The van der Waals surface area contributed by atoms with Gasteiger partial charge in [0.25, 0.3) is 0 Å². The van der Waals surface area contributed by atoms with Crippen molar-refractivity contribution in [2.75, 3.05) is 23.3 Å². The topological polar surface area (TPSA) is 105 Å². The molecular weight excluding hydrogens is 470 g/mol. The third-order valence-corrected chi connectivity index (χ3v) is 6.18. The molecule has 0 atom stereocenters. The highest BCUT2D eigenvalue weighted by molar-refractivity contribution is 6.02. The molecule has 3 aromatic rings. The second-order valence-corrected chi connectivity index (χ2v) is 9.00. The van der Waals surface area contributed by atoms with Crippen LogP contribution in [0.1, 0.15) is 47.1 Å². The molecule has 3 heterocycles. The lowest BCUT2D eigenvalue weighted by molar-refractivity contribution is -0.122. The Morgan fingerprint density at radius 2 is 1.78 bits per heavy atom. The number of benzene rings is 1. The second kappa shape index (κ2) is 9.88. The van der Waals surface area contributed by atoms with Crippen LogP contribution in [0, 0.1) is 6.92 Å². The predicted octanol–water partition coefficient (Wildman–Crippen LogP) is 4.60. The van der Waals surface area contributed by atoms with Crippen molar-refractivity contribution in [3.05, 3.63) is 77.1 Å². The molecule has 0 bridgehead atoms. The van der Waals surface area contributed by atoms with E-state index in [0.29, 0.717) is 11.5 Å². The van der Waals surface area contributed by atoms with Crippen LogP contribution in [0.4, 0.5) is 20.3 Å². The van der Waals surface area contributed by atoms with Crippen LogP contribution in [0.3, 0.4) is 0 Å².